The Hall–Kier alpha value is -2.88. The van der Waals surface area contributed by atoms with Crippen LogP contribution in [0.15, 0.2) is 53.6 Å². The van der Waals surface area contributed by atoms with Crippen LogP contribution in [0.25, 0.3) is 0 Å². The van der Waals surface area contributed by atoms with Gasteiger partial charge in [-0.05, 0) is 42.7 Å². The Morgan fingerprint density at radius 2 is 1.94 bits per heavy atom. The van der Waals surface area contributed by atoms with Crippen LogP contribution in [0.2, 0.25) is 10.0 Å². The van der Waals surface area contributed by atoms with Gasteiger partial charge in [0, 0.05) is 17.7 Å². The van der Waals surface area contributed by atoms with E-state index in [1.165, 1.54) is 29.1 Å². The fourth-order valence-electron chi connectivity index (χ4n) is 3.64. The van der Waals surface area contributed by atoms with Crippen molar-refractivity contribution in [1.29, 1.82) is 0 Å². The SMILES string of the molecule is O=C(Nc1ccnn1Cc1cccc(Cl)c1Cl)c1ccc2c(c1)S(=O)(=O)N(C1CC1)C2=O. The fraction of sp³-hybridized carbons (Fsp3) is 0.190. The van der Waals surface area contributed by atoms with Gasteiger partial charge in [0.1, 0.15) is 10.7 Å². The molecule has 1 fully saturated rings. The number of hydrogen-bond acceptors (Lipinski definition) is 5. The molecule has 1 saturated carbocycles. The molecule has 1 aromatic heterocycles. The van der Waals surface area contributed by atoms with Gasteiger partial charge in [0.2, 0.25) is 0 Å². The highest BCUT2D eigenvalue weighted by Crippen LogP contribution is 2.39. The third kappa shape index (κ3) is 3.46. The topological polar surface area (TPSA) is 101 Å². The highest BCUT2D eigenvalue weighted by atomic mass is 35.5. The van der Waals surface area contributed by atoms with Crippen LogP contribution in [-0.2, 0) is 16.6 Å². The molecule has 0 bridgehead atoms. The molecule has 2 aromatic carbocycles. The van der Waals surface area contributed by atoms with Gasteiger partial charge in [-0.1, -0.05) is 35.3 Å². The standard InChI is InChI=1S/C21H16Cl2N4O4S/c22-16-3-1-2-13(19(16)23)11-26-18(8-9-24-26)25-20(28)12-4-7-15-17(10-12)32(30,31)27(21(15)29)14-5-6-14/h1-4,7-10,14H,5-6,11H2,(H,25,28). The minimum Gasteiger partial charge on any atom is -0.307 e. The summed E-state index contributed by atoms with van der Waals surface area (Å²) in [6, 6.07) is 10.6. The van der Waals surface area contributed by atoms with Crippen molar-refractivity contribution < 1.29 is 18.0 Å². The van der Waals surface area contributed by atoms with Crippen LogP contribution in [0.3, 0.4) is 0 Å². The first-order chi connectivity index (χ1) is 15.3. The first-order valence-electron chi connectivity index (χ1n) is 9.76. The second-order valence-electron chi connectivity index (χ2n) is 7.59. The van der Waals surface area contributed by atoms with Gasteiger partial charge in [-0.25, -0.2) is 17.4 Å². The van der Waals surface area contributed by atoms with Crippen molar-refractivity contribution in [1.82, 2.24) is 14.1 Å². The van der Waals surface area contributed by atoms with Crippen molar-refractivity contribution in [3.8, 4) is 0 Å². The van der Waals surface area contributed by atoms with E-state index in [9.17, 15) is 18.0 Å². The number of halogens is 2. The molecule has 1 aliphatic heterocycles. The monoisotopic (exact) mass is 490 g/mol. The van der Waals surface area contributed by atoms with Crippen molar-refractivity contribution in [3.63, 3.8) is 0 Å². The van der Waals surface area contributed by atoms with E-state index >= 15 is 0 Å². The van der Waals surface area contributed by atoms with Crippen LogP contribution in [0.1, 0.15) is 39.1 Å². The highest BCUT2D eigenvalue weighted by molar-refractivity contribution is 7.90. The molecular weight excluding hydrogens is 475 g/mol. The van der Waals surface area contributed by atoms with E-state index in [0.717, 1.165) is 9.87 Å². The Kier molecular flexibility index (Phi) is 4.99. The maximum atomic E-state index is 12.9. The van der Waals surface area contributed by atoms with Gasteiger partial charge in [0.25, 0.3) is 21.8 Å². The van der Waals surface area contributed by atoms with Crippen molar-refractivity contribution in [3.05, 3.63) is 75.4 Å². The molecule has 1 N–H and O–H groups in total. The number of fused-ring (bicyclic) bond motifs is 1. The Morgan fingerprint density at radius 1 is 1.16 bits per heavy atom. The predicted molar refractivity (Wildman–Crippen MR) is 119 cm³/mol. The van der Waals surface area contributed by atoms with Crippen molar-refractivity contribution in [2.24, 2.45) is 0 Å². The second-order valence-corrected chi connectivity index (χ2v) is 10.2. The molecule has 2 aliphatic rings. The molecule has 5 rings (SSSR count). The maximum Gasteiger partial charge on any atom is 0.269 e. The first kappa shape index (κ1) is 21.0. The molecule has 8 nitrogen and oxygen atoms in total. The molecule has 32 heavy (non-hydrogen) atoms. The predicted octanol–water partition coefficient (Wildman–Crippen LogP) is 3.80. The summed E-state index contributed by atoms with van der Waals surface area (Å²) < 4.78 is 28.1. The molecule has 2 amide bonds. The van der Waals surface area contributed by atoms with E-state index in [4.69, 9.17) is 23.2 Å². The van der Waals surface area contributed by atoms with Gasteiger partial charge in [-0.2, -0.15) is 5.10 Å². The van der Waals surface area contributed by atoms with Crippen LogP contribution >= 0.6 is 23.2 Å². The third-order valence-corrected chi connectivity index (χ3v) is 8.13. The number of nitrogens with zero attached hydrogens (tertiary/aromatic N) is 3. The molecule has 0 radical (unpaired) electrons. The fourth-order valence-corrected chi connectivity index (χ4v) is 5.86. The highest BCUT2D eigenvalue weighted by Gasteiger charge is 2.48. The minimum absolute atomic E-state index is 0.0917. The molecule has 0 spiro atoms. The zero-order valence-corrected chi connectivity index (χ0v) is 18.8. The molecular formula is C21H16Cl2N4O4S. The minimum atomic E-state index is -3.95. The van der Waals surface area contributed by atoms with Crippen molar-refractivity contribution >= 4 is 50.9 Å². The number of carbonyl (C=O) groups excluding carboxylic acids is 2. The van der Waals surface area contributed by atoms with Crippen LogP contribution in [0, 0.1) is 0 Å². The number of rotatable bonds is 5. The Labute approximate surface area is 193 Å². The number of anilines is 1. The Bertz CT molecular complexity index is 1380. The van der Waals surface area contributed by atoms with E-state index < -0.39 is 21.8 Å². The van der Waals surface area contributed by atoms with Crippen LogP contribution in [-0.4, -0.2) is 40.4 Å². The van der Waals surface area contributed by atoms with Crippen LogP contribution in [0.4, 0.5) is 5.82 Å². The van der Waals surface area contributed by atoms with Crippen molar-refractivity contribution in [2.45, 2.75) is 30.3 Å². The van der Waals surface area contributed by atoms with E-state index in [-0.39, 0.29) is 28.6 Å². The smallest absolute Gasteiger partial charge is 0.269 e. The molecule has 0 unspecified atom stereocenters. The lowest BCUT2D eigenvalue weighted by molar-refractivity contribution is 0.0864. The normalized spacial score (nSPS) is 16.8. The second kappa shape index (κ2) is 7.61. The number of amides is 2. The molecule has 11 heteroatoms. The first-order valence-corrected chi connectivity index (χ1v) is 12.0. The Morgan fingerprint density at radius 3 is 2.69 bits per heavy atom. The summed E-state index contributed by atoms with van der Waals surface area (Å²) in [7, 11) is -3.95. The average molecular weight is 491 g/mol. The largest absolute Gasteiger partial charge is 0.307 e. The molecule has 164 valence electrons. The number of aromatic nitrogens is 2. The maximum absolute atomic E-state index is 12.9. The van der Waals surface area contributed by atoms with Gasteiger partial charge in [0.05, 0.1) is 28.4 Å². The zero-order chi connectivity index (χ0) is 22.6. The summed E-state index contributed by atoms with van der Waals surface area (Å²) >= 11 is 12.3. The number of carbonyl (C=O) groups is 2. The molecule has 3 aromatic rings. The number of hydrogen-bond donors (Lipinski definition) is 1. The summed E-state index contributed by atoms with van der Waals surface area (Å²) in [4.78, 5) is 25.2. The van der Waals surface area contributed by atoms with Gasteiger partial charge in [0.15, 0.2) is 0 Å². The summed E-state index contributed by atoms with van der Waals surface area (Å²) in [6.07, 6.45) is 2.84. The molecule has 0 saturated heterocycles. The van der Waals surface area contributed by atoms with Gasteiger partial charge in [-0.3, -0.25) is 9.59 Å². The van der Waals surface area contributed by atoms with E-state index in [1.54, 1.807) is 24.3 Å². The third-order valence-electron chi connectivity index (χ3n) is 5.40. The Balaban J connectivity index is 1.40. The lowest BCUT2D eigenvalue weighted by atomic mass is 10.1. The zero-order valence-electron chi connectivity index (χ0n) is 16.5. The van der Waals surface area contributed by atoms with Gasteiger partial charge in [-0.15, -0.1) is 0 Å². The van der Waals surface area contributed by atoms with Crippen LogP contribution < -0.4 is 5.32 Å². The lowest BCUT2D eigenvalue weighted by Crippen LogP contribution is -2.31. The summed E-state index contributed by atoms with van der Waals surface area (Å²) in [5.41, 5.74) is 0.932. The van der Waals surface area contributed by atoms with Gasteiger partial charge >= 0.3 is 0 Å². The number of benzene rings is 2. The molecule has 0 atom stereocenters. The van der Waals surface area contributed by atoms with Gasteiger partial charge < -0.3 is 5.32 Å². The summed E-state index contributed by atoms with van der Waals surface area (Å²) in [6.45, 7) is 0.269. The summed E-state index contributed by atoms with van der Waals surface area (Å²) in [5, 5.41) is 7.75. The van der Waals surface area contributed by atoms with E-state index in [2.05, 4.69) is 10.4 Å². The quantitative estimate of drug-likeness (QED) is 0.585. The molecule has 2 heterocycles. The lowest BCUT2D eigenvalue weighted by Gasteiger charge is -2.13. The number of nitrogens with one attached hydrogen (secondary N) is 1. The summed E-state index contributed by atoms with van der Waals surface area (Å²) in [5.74, 6) is -0.671. The van der Waals surface area contributed by atoms with E-state index in [0.29, 0.717) is 28.7 Å². The van der Waals surface area contributed by atoms with E-state index in [1.807, 2.05) is 0 Å². The van der Waals surface area contributed by atoms with Crippen molar-refractivity contribution in [2.75, 3.05) is 5.32 Å². The molecule has 1 aliphatic carbocycles. The van der Waals surface area contributed by atoms with Crippen LogP contribution in [0.5, 0.6) is 0 Å². The average Bonchev–Trinajstić information content (AvgIpc) is 3.45. The number of sulfonamides is 1.